The van der Waals surface area contributed by atoms with E-state index in [4.69, 9.17) is 17.3 Å². The second-order valence-corrected chi connectivity index (χ2v) is 2.73. The maximum atomic E-state index is 5.84. The Kier molecular flexibility index (Phi) is 2.11. The van der Waals surface area contributed by atoms with Crippen LogP contribution in [0.4, 0.5) is 0 Å². The number of hydrogen-bond donors (Lipinski definition) is 2. The van der Waals surface area contributed by atoms with Gasteiger partial charge in [-0.2, -0.15) is 0 Å². The van der Waals surface area contributed by atoms with Gasteiger partial charge in [-0.1, -0.05) is 0 Å². The van der Waals surface area contributed by atoms with Gasteiger partial charge in [0.15, 0.2) is 0 Å². The lowest BCUT2D eigenvalue weighted by Gasteiger charge is -2.06. The molecule has 0 aromatic rings. The zero-order chi connectivity index (χ0) is 5.98. The van der Waals surface area contributed by atoms with E-state index in [1.165, 1.54) is 0 Å². The van der Waals surface area contributed by atoms with E-state index in [-0.39, 0.29) is 5.38 Å². The SMILES string of the molecule is NC[C@@H]1CNC[C@@H]1Cl. The predicted octanol–water partition coefficient (Wildman–Crippen LogP) is -0.228. The van der Waals surface area contributed by atoms with E-state index in [1.807, 2.05) is 0 Å². The molecule has 0 saturated carbocycles. The third-order valence-electron chi connectivity index (χ3n) is 1.56. The van der Waals surface area contributed by atoms with E-state index in [2.05, 4.69) is 5.32 Å². The number of hydrogen-bond acceptors (Lipinski definition) is 2. The summed E-state index contributed by atoms with van der Waals surface area (Å²) in [6, 6.07) is 0. The maximum Gasteiger partial charge on any atom is 0.0512 e. The number of alkyl halides is 1. The van der Waals surface area contributed by atoms with Gasteiger partial charge in [0.05, 0.1) is 5.38 Å². The van der Waals surface area contributed by atoms with Crippen molar-refractivity contribution in [1.82, 2.24) is 5.32 Å². The van der Waals surface area contributed by atoms with Crippen LogP contribution in [-0.4, -0.2) is 25.0 Å². The quantitative estimate of drug-likeness (QED) is 0.487. The average Bonchev–Trinajstić information content (AvgIpc) is 2.14. The van der Waals surface area contributed by atoms with Crippen LogP contribution in [0.3, 0.4) is 0 Å². The number of nitrogens with two attached hydrogens (primary N) is 1. The number of rotatable bonds is 1. The van der Waals surface area contributed by atoms with Crippen LogP contribution in [0.1, 0.15) is 0 Å². The molecule has 2 nitrogen and oxygen atoms in total. The fraction of sp³-hybridized carbons (Fsp3) is 1.00. The molecule has 1 fully saturated rings. The molecule has 2 atom stereocenters. The fourth-order valence-electron chi connectivity index (χ4n) is 0.932. The summed E-state index contributed by atoms with van der Waals surface area (Å²) >= 11 is 5.84. The molecule has 0 bridgehead atoms. The number of nitrogens with one attached hydrogen (secondary N) is 1. The van der Waals surface area contributed by atoms with Gasteiger partial charge in [0.2, 0.25) is 0 Å². The van der Waals surface area contributed by atoms with Crippen molar-refractivity contribution in [3.63, 3.8) is 0 Å². The first kappa shape index (κ1) is 6.33. The molecular formula is C5H11ClN2. The highest BCUT2D eigenvalue weighted by Gasteiger charge is 2.22. The van der Waals surface area contributed by atoms with Crippen molar-refractivity contribution < 1.29 is 0 Å². The molecule has 1 rings (SSSR count). The van der Waals surface area contributed by atoms with E-state index >= 15 is 0 Å². The van der Waals surface area contributed by atoms with E-state index in [9.17, 15) is 0 Å². The van der Waals surface area contributed by atoms with Crippen LogP contribution in [-0.2, 0) is 0 Å². The molecule has 3 heteroatoms. The minimum Gasteiger partial charge on any atom is -0.330 e. The molecule has 0 aliphatic carbocycles. The summed E-state index contributed by atoms with van der Waals surface area (Å²) in [5.41, 5.74) is 5.40. The largest absolute Gasteiger partial charge is 0.330 e. The zero-order valence-corrected chi connectivity index (χ0v) is 5.49. The Morgan fingerprint density at radius 2 is 2.38 bits per heavy atom. The van der Waals surface area contributed by atoms with Crippen LogP contribution in [0.5, 0.6) is 0 Å². The maximum absolute atomic E-state index is 5.84. The van der Waals surface area contributed by atoms with Crippen molar-refractivity contribution in [3.05, 3.63) is 0 Å². The summed E-state index contributed by atoms with van der Waals surface area (Å²) in [5.74, 6) is 0.497. The van der Waals surface area contributed by atoms with Gasteiger partial charge in [0, 0.05) is 19.0 Å². The Hall–Kier alpha value is 0.210. The minimum atomic E-state index is 0.264. The van der Waals surface area contributed by atoms with Gasteiger partial charge in [-0.3, -0.25) is 0 Å². The highest BCUT2D eigenvalue weighted by molar-refractivity contribution is 6.21. The van der Waals surface area contributed by atoms with Gasteiger partial charge in [-0.05, 0) is 6.54 Å². The Bertz CT molecular complexity index is 76.8. The fourth-order valence-corrected chi connectivity index (χ4v) is 1.23. The summed E-state index contributed by atoms with van der Waals surface area (Å²) in [4.78, 5) is 0. The van der Waals surface area contributed by atoms with Crippen LogP contribution in [0.25, 0.3) is 0 Å². The van der Waals surface area contributed by atoms with Gasteiger partial charge in [-0.15, -0.1) is 11.6 Å². The van der Waals surface area contributed by atoms with Gasteiger partial charge in [0.25, 0.3) is 0 Å². The summed E-state index contributed by atoms with van der Waals surface area (Å²) < 4.78 is 0. The minimum absolute atomic E-state index is 0.264. The van der Waals surface area contributed by atoms with E-state index in [1.54, 1.807) is 0 Å². The van der Waals surface area contributed by atoms with Gasteiger partial charge in [0.1, 0.15) is 0 Å². The second kappa shape index (κ2) is 2.67. The predicted molar refractivity (Wildman–Crippen MR) is 35.1 cm³/mol. The first-order valence-electron chi connectivity index (χ1n) is 2.89. The van der Waals surface area contributed by atoms with E-state index < -0.39 is 0 Å². The third kappa shape index (κ3) is 1.13. The lowest BCUT2D eigenvalue weighted by molar-refractivity contribution is 0.602. The summed E-state index contributed by atoms with van der Waals surface area (Å²) in [6.45, 7) is 2.62. The molecule has 0 radical (unpaired) electrons. The zero-order valence-electron chi connectivity index (χ0n) is 4.73. The van der Waals surface area contributed by atoms with Crippen molar-refractivity contribution in [2.24, 2.45) is 11.7 Å². The monoisotopic (exact) mass is 134 g/mol. The Morgan fingerprint density at radius 1 is 1.62 bits per heavy atom. The van der Waals surface area contributed by atoms with Crippen molar-refractivity contribution in [3.8, 4) is 0 Å². The van der Waals surface area contributed by atoms with Gasteiger partial charge in [-0.25, -0.2) is 0 Å². The summed E-state index contributed by atoms with van der Waals surface area (Å²) in [5, 5.41) is 3.42. The Labute approximate surface area is 54.4 Å². The van der Waals surface area contributed by atoms with Crippen LogP contribution in [0, 0.1) is 5.92 Å². The summed E-state index contributed by atoms with van der Waals surface area (Å²) in [6.07, 6.45) is 0. The van der Waals surface area contributed by atoms with Crippen LogP contribution >= 0.6 is 11.6 Å². The summed E-state index contributed by atoms with van der Waals surface area (Å²) in [7, 11) is 0. The second-order valence-electron chi connectivity index (χ2n) is 2.17. The Balaban J connectivity index is 2.30. The normalized spacial score (nSPS) is 38.2. The molecule has 0 unspecified atom stereocenters. The molecule has 8 heavy (non-hydrogen) atoms. The van der Waals surface area contributed by atoms with Crippen LogP contribution in [0.2, 0.25) is 0 Å². The highest BCUT2D eigenvalue weighted by Crippen LogP contribution is 2.12. The molecule has 1 saturated heterocycles. The average molecular weight is 135 g/mol. The lowest BCUT2D eigenvalue weighted by atomic mass is 10.1. The van der Waals surface area contributed by atoms with E-state index in [0.717, 1.165) is 13.1 Å². The smallest absolute Gasteiger partial charge is 0.0512 e. The van der Waals surface area contributed by atoms with Crippen LogP contribution < -0.4 is 11.1 Å². The van der Waals surface area contributed by atoms with Crippen molar-refractivity contribution in [2.45, 2.75) is 5.38 Å². The first-order valence-corrected chi connectivity index (χ1v) is 3.33. The topological polar surface area (TPSA) is 38.0 Å². The first-order chi connectivity index (χ1) is 3.84. The molecular weight excluding hydrogens is 124 g/mol. The molecule has 0 aromatic carbocycles. The van der Waals surface area contributed by atoms with Gasteiger partial charge >= 0.3 is 0 Å². The van der Waals surface area contributed by atoms with Crippen LogP contribution in [0.15, 0.2) is 0 Å². The van der Waals surface area contributed by atoms with Gasteiger partial charge < -0.3 is 11.1 Å². The molecule has 0 aromatic heterocycles. The lowest BCUT2D eigenvalue weighted by Crippen LogP contribution is -2.22. The number of halogens is 1. The standard InChI is InChI=1S/C5H11ClN2/c6-5-3-8-2-4(5)1-7/h4-5,8H,1-3,7H2/t4-,5+/m1/s1. The molecule has 48 valence electrons. The molecule has 1 aliphatic rings. The van der Waals surface area contributed by atoms with Crippen molar-refractivity contribution >= 4 is 11.6 Å². The highest BCUT2D eigenvalue weighted by atomic mass is 35.5. The molecule has 1 heterocycles. The Morgan fingerprint density at radius 3 is 2.62 bits per heavy atom. The third-order valence-corrected chi connectivity index (χ3v) is 2.07. The molecule has 0 spiro atoms. The molecule has 0 amide bonds. The van der Waals surface area contributed by atoms with Crippen molar-refractivity contribution in [1.29, 1.82) is 0 Å². The van der Waals surface area contributed by atoms with E-state index in [0.29, 0.717) is 12.5 Å². The molecule has 1 aliphatic heterocycles. The molecule has 3 N–H and O–H groups in total. The van der Waals surface area contributed by atoms with Crippen molar-refractivity contribution in [2.75, 3.05) is 19.6 Å².